The summed E-state index contributed by atoms with van der Waals surface area (Å²) in [6.07, 6.45) is 2.78. The van der Waals surface area contributed by atoms with Crippen molar-refractivity contribution in [3.8, 4) is 11.5 Å². The molecule has 186 valence electrons. The largest absolute Gasteiger partial charge is 0.493 e. The van der Waals surface area contributed by atoms with E-state index in [9.17, 15) is 14.4 Å². The van der Waals surface area contributed by atoms with Crippen molar-refractivity contribution in [2.45, 2.75) is 51.6 Å². The van der Waals surface area contributed by atoms with Crippen LogP contribution in [0.5, 0.6) is 11.5 Å². The predicted octanol–water partition coefficient (Wildman–Crippen LogP) is 2.43. The van der Waals surface area contributed by atoms with E-state index in [4.69, 9.17) is 14.2 Å². The number of methoxy groups -OCH3 is 2. The quantitative estimate of drug-likeness (QED) is 0.586. The molecule has 1 aromatic carbocycles. The number of hydrogen-bond acceptors (Lipinski definition) is 7. The zero-order valence-corrected chi connectivity index (χ0v) is 20.4. The van der Waals surface area contributed by atoms with Crippen LogP contribution in [0.25, 0.3) is 0 Å². The lowest BCUT2D eigenvalue weighted by Gasteiger charge is -2.47. The molecule has 3 heterocycles. The van der Waals surface area contributed by atoms with Gasteiger partial charge in [-0.2, -0.15) is 0 Å². The molecule has 1 unspecified atom stereocenters. The molecule has 0 aromatic heterocycles. The molecule has 0 aliphatic carbocycles. The van der Waals surface area contributed by atoms with Gasteiger partial charge in [-0.15, -0.1) is 0 Å². The summed E-state index contributed by atoms with van der Waals surface area (Å²) in [5, 5.41) is 4.61. The standard InChI is InChI=1S/C25H35N3O6/c1-14(2)7-16-12-28-6-5-15-9-21(32-3)22(33-4)10-18(15)20(28)8-17(16)13-34-24(30)19-11-23(29)27-25(31)26-19/h9-10,14,16-17,19-20H,5-8,11-13H2,1-4H3,(H2,26,27,29,31)/t16-,17+,19?,20-/m1/s1. The summed E-state index contributed by atoms with van der Waals surface area (Å²) in [4.78, 5) is 38.4. The molecule has 34 heavy (non-hydrogen) atoms. The van der Waals surface area contributed by atoms with E-state index in [1.54, 1.807) is 14.2 Å². The van der Waals surface area contributed by atoms with Gasteiger partial charge in [-0.1, -0.05) is 13.8 Å². The number of rotatable bonds is 7. The summed E-state index contributed by atoms with van der Waals surface area (Å²) >= 11 is 0. The lowest BCUT2D eigenvalue weighted by atomic mass is 9.74. The number of urea groups is 1. The van der Waals surface area contributed by atoms with E-state index in [0.29, 0.717) is 11.8 Å². The fraction of sp³-hybridized carbons (Fsp3) is 0.640. The molecule has 3 aliphatic heterocycles. The summed E-state index contributed by atoms with van der Waals surface area (Å²) in [5.74, 6) is 1.55. The molecule has 2 N–H and O–H groups in total. The molecule has 2 fully saturated rings. The zero-order valence-electron chi connectivity index (χ0n) is 20.4. The predicted molar refractivity (Wildman–Crippen MR) is 125 cm³/mol. The zero-order chi connectivity index (χ0) is 24.4. The first-order chi connectivity index (χ1) is 16.3. The number of carbonyl (C=O) groups is 3. The number of imide groups is 1. The molecule has 0 radical (unpaired) electrons. The third kappa shape index (κ3) is 5.14. The van der Waals surface area contributed by atoms with Crippen LogP contribution in [0.3, 0.4) is 0 Å². The number of esters is 1. The second-order valence-corrected chi connectivity index (χ2v) is 9.96. The smallest absolute Gasteiger partial charge is 0.329 e. The number of ether oxygens (including phenoxy) is 3. The van der Waals surface area contributed by atoms with Gasteiger partial charge in [0.05, 0.1) is 27.2 Å². The summed E-state index contributed by atoms with van der Waals surface area (Å²) in [6, 6.07) is 2.80. The van der Waals surface area contributed by atoms with E-state index >= 15 is 0 Å². The van der Waals surface area contributed by atoms with Gasteiger partial charge in [-0.3, -0.25) is 15.0 Å². The van der Waals surface area contributed by atoms with Crippen LogP contribution in [0.2, 0.25) is 0 Å². The number of amides is 3. The van der Waals surface area contributed by atoms with Gasteiger partial charge in [-0.25, -0.2) is 9.59 Å². The van der Waals surface area contributed by atoms with Crippen molar-refractivity contribution < 1.29 is 28.6 Å². The Labute approximate surface area is 200 Å². The Kier molecular flexibility index (Phi) is 7.30. The first kappa shape index (κ1) is 24.3. The average molecular weight is 474 g/mol. The SMILES string of the molecule is COc1cc2c(cc1OC)[C@H]1C[C@@H](COC(=O)C3CC(=O)NC(=O)N3)[C@H](CC(C)C)CN1CC2. The van der Waals surface area contributed by atoms with E-state index in [1.165, 1.54) is 11.1 Å². The number of benzene rings is 1. The van der Waals surface area contributed by atoms with Crippen molar-refractivity contribution >= 4 is 17.9 Å². The maximum Gasteiger partial charge on any atom is 0.329 e. The Morgan fingerprint density at radius 2 is 1.88 bits per heavy atom. The van der Waals surface area contributed by atoms with Gasteiger partial charge < -0.3 is 19.5 Å². The lowest BCUT2D eigenvalue weighted by molar-refractivity contribution is -0.151. The van der Waals surface area contributed by atoms with Gasteiger partial charge in [0.15, 0.2) is 11.5 Å². The summed E-state index contributed by atoms with van der Waals surface area (Å²) in [6.45, 7) is 6.64. The minimum Gasteiger partial charge on any atom is -0.493 e. The molecule has 0 spiro atoms. The molecule has 2 saturated heterocycles. The average Bonchev–Trinajstić information content (AvgIpc) is 2.80. The normalized spacial score (nSPS) is 26.7. The summed E-state index contributed by atoms with van der Waals surface area (Å²) in [5.41, 5.74) is 2.52. The minimum atomic E-state index is -0.933. The molecular formula is C25H35N3O6. The third-order valence-corrected chi connectivity index (χ3v) is 7.22. The second-order valence-electron chi connectivity index (χ2n) is 9.96. The number of fused-ring (bicyclic) bond motifs is 3. The Bertz CT molecular complexity index is 933. The number of piperidine rings is 1. The molecule has 3 amide bonds. The van der Waals surface area contributed by atoms with E-state index in [1.807, 2.05) is 0 Å². The van der Waals surface area contributed by atoms with Gasteiger partial charge in [0, 0.05) is 19.1 Å². The Balaban J connectivity index is 1.51. The van der Waals surface area contributed by atoms with Crippen LogP contribution in [0, 0.1) is 17.8 Å². The van der Waals surface area contributed by atoms with Gasteiger partial charge in [0.1, 0.15) is 6.04 Å². The van der Waals surface area contributed by atoms with Crippen molar-refractivity contribution in [3.05, 3.63) is 23.3 Å². The molecule has 0 saturated carbocycles. The number of nitrogens with zero attached hydrogens (tertiary/aromatic N) is 1. The van der Waals surface area contributed by atoms with E-state index in [2.05, 4.69) is 41.5 Å². The van der Waals surface area contributed by atoms with Crippen LogP contribution < -0.4 is 20.1 Å². The fourth-order valence-corrected chi connectivity index (χ4v) is 5.62. The van der Waals surface area contributed by atoms with E-state index < -0.39 is 23.9 Å². The monoisotopic (exact) mass is 473 g/mol. The maximum atomic E-state index is 12.6. The molecule has 9 nitrogen and oxygen atoms in total. The fourth-order valence-electron chi connectivity index (χ4n) is 5.62. The molecule has 1 aromatic rings. The highest BCUT2D eigenvalue weighted by atomic mass is 16.5. The van der Waals surface area contributed by atoms with Crippen LogP contribution >= 0.6 is 0 Å². The molecule has 4 atom stereocenters. The molecule has 3 aliphatic rings. The Morgan fingerprint density at radius 1 is 1.15 bits per heavy atom. The van der Waals surface area contributed by atoms with Crippen molar-refractivity contribution in [2.75, 3.05) is 33.9 Å². The maximum absolute atomic E-state index is 12.6. The van der Waals surface area contributed by atoms with Crippen LogP contribution in [0.4, 0.5) is 4.79 Å². The number of carbonyl (C=O) groups excluding carboxylic acids is 3. The lowest BCUT2D eigenvalue weighted by Crippen LogP contribution is -2.55. The highest BCUT2D eigenvalue weighted by Crippen LogP contribution is 2.45. The number of nitrogens with one attached hydrogen (secondary N) is 2. The molecular weight excluding hydrogens is 438 g/mol. The van der Waals surface area contributed by atoms with Gasteiger partial charge in [0.25, 0.3) is 0 Å². The Hall–Kier alpha value is -2.81. The molecule has 4 rings (SSSR count). The summed E-state index contributed by atoms with van der Waals surface area (Å²) < 4.78 is 16.8. The summed E-state index contributed by atoms with van der Waals surface area (Å²) in [7, 11) is 3.30. The van der Waals surface area contributed by atoms with Gasteiger partial charge in [0.2, 0.25) is 5.91 Å². The van der Waals surface area contributed by atoms with Gasteiger partial charge >= 0.3 is 12.0 Å². The van der Waals surface area contributed by atoms with Crippen LogP contribution in [-0.4, -0.2) is 62.8 Å². The first-order valence-corrected chi connectivity index (χ1v) is 12.0. The van der Waals surface area contributed by atoms with Gasteiger partial charge in [-0.05, 0) is 60.3 Å². The first-order valence-electron chi connectivity index (χ1n) is 12.0. The van der Waals surface area contributed by atoms with Crippen LogP contribution in [0.1, 0.15) is 50.3 Å². The van der Waals surface area contributed by atoms with E-state index in [0.717, 1.165) is 43.9 Å². The highest BCUT2D eigenvalue weighted by Gasteiger charge is 2.40. The van der Waals surface area contributed by atoms with Crippen LogP contribution in [0.15, 0.2) is 12.1 Å². The molecule has 0 bridgehead atoms. The topological polar surface area (TPSA) is 106 Å². The van der Waals surface area contributed by atoms with Crippen molar-refractivity contribution in [1.29, 1.82) is 0 Å². The van der Waals surface area contributed by atoms with Crippen molar-refractivity contribution in [2.24, 2.45) is 17.8 Å². The highest BCUT2D eigenvalue weighted by molar-refractivity contribution is 6.01. The molecule has 9 heteroatoms. The third-order valence-electron chi connectivity index (χ3n) is 7.22. The number of hydrogen-bond donors (Lipinski definition) is 2. The Morgan fingerprint density at radius 3 is 2.56 bits per heavy atom. The van der Waals surface area contributed by atoms with Crippen molar-refractivity contribution in [1.82, 2.24) is 15.5 Å². The second kappa shape index (κ2) is 10.2. The van der Waals surface area contributed by atoms with E-state index in [-0.39, 0.29) is 25.0 Å². The van der Waals surface area contributed by atoms with Crippen LogP contribution in [-0.2, 0) is 20.7 Å². The minimum absolute atomic E-state index is 0.101. The van der Waals surface area contributed by atoms with Crippen molar-refractivity contribution in [3.63, 3.8) is 0 Å².